The van der Waals surface area contributed by atoms with Gasteiger partial charge in [-0.25, -0.2) is 13.8 Å². The van der Waals surface area contributed by atoms with Gasteiger partial charge in [-0.1, -0.05) is 5.16 Å². The van der Waals surface area contributed by atoms with Crippen LogP contribution in [0.2, 0.25) is 0 Å². The van der Waals surface area contributed by atoms with E-state index in [9.17, 15) is 31.9 Å². The molecule has 0 atom stereocenters. The van der Waals surface area contributed by atoms with Crippen molar-refractivity contribution in [2.45, 2.75) is 12.8 Å². The molecule has 5 rings (SSSR count). The first-order valence-electron chi connectivity index (χ1n) is 10.3. The highest BCUT2D eigenvalue weighted by molar-refractivity contribution is 5.79. The fourth-order valence-electron chi connectivity index (χ4n) is 3.45. The second kappa shape index (κ2) is 8.89. The molecule has 0 unspecified atom stereocenters. The van der Waals surface area contributed by atoms with Gasteiger partial charge in [-0.3, -0.25) is 9.59 Å². The predicted octanol–water partition coefficient (Wildman–Crippen LogP) is 3.42. The third-order valence-corrected chi connectivity index (χ3v) is 5.13. The summed E-state index contributed by atoms with van der Waals surface area (Å²) in [5.41, 5.74) is -3.83. The van der Waals surface area contributed by atoms with E-state index in [1.165, 1.54) is 18.2 Å². The summed E-state index contributed by atoms with van der Waals surface area (Å²) in [5, 5.41) is 3.68. The topological polar surface area (TPSA) is 133 Å². The van der Waals surface area contributed by atoms with Crippen LogP contribution in [0.5, 0.6) is 5.75 Å². The number of benzene rings is 2. The van der Waals surface area contributed by atoms with Gasteiger partial charge in [-0.2, -0.15) is 18.2 Å². The van der Waals surface area contributed by atoms with Crippen molar-refractivity contribution in [1.29, 1.82) is 0 Å². The van der Waals surface area contributed by atoms with Gasteiger partial charge in [0.2, 0.25) is 11.3 Å². The van der Waals surface area contributed by atoms with Crippen LogP contribution in [0.1, 0.15) is 11.4 Å². The molecule has 14 heteroatoms. The molecule has 0 fully saturated rings. The van der Waals surface area contributed by atoms with Gasteiger partial charge in [0.15, 0.2) is 6.61 Å². The Kier molecular flexibility index (Phi) is 5.70. The van der Waals surface area contributed by atoms with Gasteiger partial charge in [-0.05, 0) is 30.3 Å². The monoisotopic (exact) mass is 516 g/mol. The average Bonchev–Trinajstić information content (AvgIpc) is 3.32. The Bertz CT molecular complexity index is 1790. The van der Waals surface area contributed by atoms with Crippen LogP contribution in [-0.2, 0) is 12.8 Å². The molecule has 0 amide bonds. The molecule has 2 aromatic carbocycles. The Balaban J connectivity index is 1.37. The van der Waals surface area contributed by atoms with E-state index in [1.54, 1.807) is 0 Å². The SMILES string of the molecule is O=c1c(-n2c(=O)cc[nH]c2=O)coc2cc(OCc3noc(-c4cc(F)cc(C(F)(F)F)c4)n3)ccc12. The van der Waals surface area contributed by atoms with Crippen molar-refractivity contribution in [2.24, 2.45) is 0 Å². The molecule has 1 N–H and O–H groups in total. The number of alkyl halides is 3. The highest BCUT2D eigenvalue weighted by Crippen LogP contribution is 2.32. The number of aromatic nitrogens is 4. The smallest absolute Gasteiger partial charge is 0.416 e. The van der Waals surface area contributed by atoms with Crippen molar-refractivity contribution in [3.63, 3.8) is 0 Å². The van der Waals surface area contributed by atoms with Crippen molar-refractivity contribution in [3.8, 4) is 22.9 Å². The number of hydrogen-bond donors (Lipinski definition) is 1. The normalized spacial score (nSPS) is 11.7. The summed E-state index contributed by atoms with van der Waals surface area (Å²) in [5.74, 6) is -1.31. The minimum atomic E-state index is -4.76. The van der Waals surface area contributed by atoms with E-state index in [0.29, 0.717) is 16.7 Å². The van der Waals surface area contributed by atoms with Crippen molar-refractivity contribution < 1.29 is 31.2 Å². The lowest BCUT2D eigenvalue weighted by Gasteiger charge is -2.07. The zero-order chi connectivity index (χ0) is 26.3. The third-order valence-electron chi connectivity index (χ3n) is 5.13. The summed E-state index contributed by atoms with van der Waals surface area (Å²) in [4.78, 5) is 43.1. The maximum atomic E-state index is 13.7. The molecule has 0 aliphatic rings. The number of nitrogens with one attached hydrogen (secondary N) is 1. The van der Waals surface area contributed by atoms with Crippen LogP contribution < -0.4 is 21.4 Å². The van der Waals surface area contributed by atoms with Crippen LogP contribution >= 0.6 is 0 Å². The van der Waals surface area contributed by atoms with Crippen LogP contribution in [0, 0.1) is 5.82 Å². The Labute approximate surface area is 201 Å². The molecule has 0 radical (unpaired) electrons. The molecule has 3 aromatic heterocycles. The molecule has 0 bridgehead atoms. The van der Waals surface area contributed by atoms with Crippen molar-refractivity contribution in [2.75, 3.05) is 0 Å². The van der Waals surface area contributed by atoms with Crippen LogP contribution in [-0.4, -0.2) is 19.7 Å². The summed E-state index contributed by atoms with van der Waals surface area (Å²) in [6.07, 6.45) is -2.65. The van der Waals surface area contributed by atoms with E-state index >= 15 is 0 Å². The third kappa shape index (κ3) is 4.63. The Morgan fingerprint density at radius 1 is 1.05 bits per heavy atom. The van der Waals surface area contributed by atoms with Gasteiger partial charge < -0.3 is 18.7 Å². The summed E-state index contributed by atoms with van der Waals surface area (Å²) < 4.78 is 69.0. The van der Waals surface area contributed by atoms with Gasteiger partial charge >= 0.3 is 11.9 Å². The van der Waals surface area contributed by atoms with Crippen molar-refractivity contribution in [1.82, 2.24) is 19.7 Å². The zero-order valence-electron chi connectivity index (χ0n) is 18.2. The lowest BCUT2D eigenvalue weighted by molar-refractivity contribution is -0.137. The van der Waals surface area contributed by atoms with E-state index in [2.05, 4.69) is 15.1 Å². The number of hydrogen-bond acceptors (Lipinski definition) is 8. The molecular weight excluding hydrogens is 504 g/mol. The van der Waals surface area contributed by atoms with E-state index in [0.717, 1.165) is 24.6 Å². The van der Waals surface area contributed by atoms with Gasteiger partial charge in [-0.15, -0.1) is 0 Å². The number of nitrogens with zero attached hydrogens (tertiary/aromatic N) is 3. The van der Waals surface area contributed by atoms with Crippen LogP contribution in [0.3, 0.4) is 0 Å². The Morgan fingerprint density at radius 2 is 1.86 bits per heavy atom. The summed E-state index contributed by atoms with van der Waals surface area (Å²) >= 11 is 0. The summed E-state index contributed by atoms with van der Waals surface area (Å²) in [7, 11) is 0. The molecule has 5 aromatic rings. The highest BCUT2D eigenvalue weighted by Gasteiger charge is 2.32. The lowest BCUT2D eigenvalue weighted by atomic mass is 10.1. The second-order valence-corrected chi connectivity index (χ2v) is 7.60. The fraction of sp³-hybridized carbons (Fsp3) is 0.0870. The Hall–Kier alpha value is -5.01. The molecule has 0 aliphatic carbocycles. The Morgan fingerprint density at radius 3 is 2.62 bits per heavy atom. The molecule has 10 nitrogen and oxygen atoms in total. The second-order valence-electron chi connectivity index (χ2n) is 7.60. The predicted molar refractivity (Wildman–Crippen MR) is 118 cm³/mol. The number of halogens is 4. The summed E-state index contributed by atoms with van der Waals surface area (Å²) in [6, 6.07) is 7.06. The highest BCUT2D eigenvalue weighted by atomic mass is 19.4. The van der Waals surface area contributed by atoms with Crippen LogP contribution in [0.25, 0.3) is 28.1 Å². The lowest BCUT2D eigenvalue weighted by Crippen LogP contribution is -2.35. The molecular formula is C23H12F4N4O6. The number of fused-ring (bicyclic) bond motifs is 1. The molecule has 0 saturated carbocycles. The van der Waals surface area contributed by atoms with Crippen LogP contribution in [0.4, 0.5) is 17.6 Å². The van der Waals surface area contributed by atoms with Crippen molar-refractivity contribution >= 4 is 11.0 Å². The molecule has 3 heterocycles. The van der Waals surface area contributed by atoms with E-state index in [4.69, 9.17) is 13.7 Å². The van der Waals surface area contributed by atoms with E-state index < -0.39 is 34.2 Å². The molecule has 37 heavy (non-hydrogen) atoms. The molecule has 0 saturated heterocycles. The number of ether oxygens (including phenoxy) is 1. The fourth-order valence-corrected chi connectivity index (χ4v) is 3.45. The van der Waals surface area contributed by atoms with E-state index in [1.807, 2.05) is 0 Å². The largest absolute Gasteiger partial charge is 0.485 e. The molecule has 0 spiro atoms. The first kappa shape index (κ1) is 23.7. The molecule has 188 valence electrons. The maximum Gasteiger partial charge on any atom is 0.416 e. The minimum absolute atomic E-state index is 0.0487. The number of aromatic amines is 1. The van der Waals surface area contributed by atoms with Gasteiger partial charge in [0.25, 0.3) is 11.4 Å². The standard InChI is InChI=1S/C23H12F4N4O6/c24-13-6-11(5-12(7-13)23(25,26)27)21-29-18(30-37-21)10-35-14-1-2-15-17(8-14)36-9-16(20(15)33)31-19(32)3-4-28-22(31)34/h1-9H,10H2,(H,28,34). The van der Waals surface area contributed by atoms with E-state index in [-0.39, 0.29) is 46.3 Å². The quantitative estimate of drug-likeness (QED) is 0.352. The first-order valence-corrected chi connectivity index (χ1v) is 10.3. The van der Waals surface area contributed by atoms with Gasteiger partial charge in [0, 0.05) is 23.9 Å². The van der Waals surface area contributed by atoms with Crippen LogP contribution in [0.15, 0.2) is 78.2 Å². The molecule has 0 aliphatic heterocycles. The van der Waals surface area contributed by atoms with Crippen molar-refractivity contribution in [3.05, 3.63) is 103 Å². The maximum absolute atomic E-state index is 13.7. The summed E-state index contributed by atoms with van der Waals surface area (Å²) in [6.45, 7) is -0.284. The minimum Gasteiger partial charge on any atom is -0.485 e. The number of rotatable bonds is 5. The van der Waals surface area contributed by atoms with Gasteiger partial charge in [0.05, 0.1) is 10.9 Å². The first-order chi connectivity index (χ1) is 17.6. The number of H-pyrrole nitrogens is 1. The average molecular weight is 516 g/mol. The zero-order valence-corrected chi connectivity index (χ0v) is 18.2. The van der Waals surface area contributed by atoms with Gasteiger partial charge in [0.1, 0.15) is 29.1 Å².